The molecule has 0 radical (unpaired) electrons. The predicted octanol–water partition coefficient (Wildman–Crippen LogP) is 1.85. The van der Waals surface area contributed by atoms with Crippen LogP contribution in [0.25, 0.3) is 11.4 Å². The average molecular weight is 288 g/mol. The van der Waals surface area contributed by atoms with Crippen molar-refractivity contribution in [3.05, 3.63) is 24.0 Å². The first kappa shape index (κ1) is 13.9. The van der Waals surface area contributed by atoms with Gasteiger partial charge < -0.3 is 19.4 Å². The summed E-state index contributed by atoms with van der Waals surface area (Å²) in [7, 11) is 0. The summed E-state index contributed by atoms with van der Waals surface area (Å²) < 4.78 is 13.4. The molecule has 1 aromatic heterocycles. The van der Waals surface area contributed by atoms with E-state index < -0.39 is 0 Å². The minimum atomic E-state index is 0.603. The van der Waals surface area contributed by atoms with E-state index >= 15 is 0 Å². The standard InChI is InChI=1S/C15H20N4O2/c1-3-20-12-6-5-11(9-13(12)21-4-2)15-18-17-14-10-16-7-8-19(14)15/h5-6,9,16H,3-4,7-8,10H2,1-2H3. The highest BCUT2D eigenvalue weighted by molar-refractivity contribution is 5.61. The van der Waals surface area contributed by atoms with Crippen molar-refractivity contribution in [2.45, 2.75) is 26.9 Å². The van der Waals surface area contributed by atoms with Gasteiger partial charge in [0.05, 0.1) is 19.8 Å². The molecule has 2 aromatic rings. The smallest absolute Gasteiger partial charge is 0.164 e. The third-order valence-electron chi connectivity index (χ3n) is 3.42. The number of rotatable bonds is 5. The molecule has 0 amide bonds. The predicted molar refractivity (Wildman–Crippen MR) is 79.5 cm³/mol. The monoisotopic (exact) mass is 288 g/mol. The Balaban J connectivity index is 1.98. The molecule has 6 heteroatoms. The zero-order valence-corrected chi connectivity index (χ0v) is 12.4. The molecule has 0 spiro atoms. The zero-order valence-electron chi connectivity index (χ0n) is 12.4. The molecule has 1 aliphatic rings. The second-order valence-corrected chi connectivity index (χ2v) is 4.80. The Labute approximate surface area is 124 Å². The fourth-order valence-corrected chi connectivity index (χ4v) is 2.50. The van der Waals surface area contributed by atoms with E-state index in [4.69, 9.17) is 9.47 Å². The van der Waals surface area contributed by atoms with Crippen LogP contribution in [0, 0.1) is 0 Å². The number of aromatic nitrogens is 3. The van der Waals surface area contributed by atoms with Crippen LogP contribution < -0.4 is 14.8 Å². The molecule has 0 aliphatic carbocycles. The highest BCUT2D eigenvalue weighted by Crippen LogP contribution is 2.32. The maximum absolute atomic E-state index is 5.68. The van der Waals surface area contributed by atoms with Crippen molar-refractivity contribution < 1.29 is 9.47 Å². The molecule has 0 saturated heterocycles. The third-order valence-corrected chi connectivity index (χ3v) is 3.42. The molecule has 1 N–H and O–H groups in total. The molecule has 6 nitrogen and oxygen atoms in total. The Morgan fingerprint density at radius 2 is 1.95 bits per heavy atom. The summed E-state index contributed by atoms with van der Waals surface area (Å²) in [5, 5.41) is 11.9. The van der Waals surface area contributed by atoms with Gasteiger partial charge in [0, 0.05) is 18.7 Å². The van der Waals surface area contributed by atoms with Crippen LogP contribution in [0.15, 0.2) is 18.2 Å². The number of benzene rings is 1. The summed E-state index contributed by atoms with van der Waals surface area (Å²) in [6, 6.07) is 5.92. The van der Waals surface area contributed by atoms with Crippen molar-refractivity contribution in [2.24, 2.45) is 0 Å². The molecule has 0 fully saturated rings. The van der Waals surface area contributed by atoms with Gasteiger partial charge in [-0.1, -0.05) is 0 Å². The number of nitrogens with one attached hydrogen (secondary N) is 1. The Bertz CT molecular complexity index is 624. The molecule has 0 bridgehead atoms. The summed E-state index contributed by atoms with van der Waals surface area (Å²) in [6.07, 6.45) is 0. The largest absolute Gasteiger partial charge is 0.490 e. The van der Waals surface area contributed by atoms with Gasteiger partial charge in [-0.05, 0) is 32.0 Å². The van der Waals surface area contributed by atoms with Gasteiger partial charge in [0.1, 0.15) is 5.82 Å². The fourth-order valence-electron chi connectivity index (χ4n) is 2.50. The lowest BCUT2D eigenvalue weighted by molar-refractivity contribution is 0.288. The number of hydrogen-bond acceptors (Lipinski definition) is 5. The maximum Gasteiger partial charge on any atom is 0.164 e. The fraction of sp³-hybridized carbons (Fsp3) is 0.467. The molecule has 0 saturated carbocycles. The second-order valence-electron chi connectivity index (χ2n) is 4.80. The second kappa shape index (κ2) is 6.13. The molecular formula is C15H20N4O2. The van der Waals surface area contributed by atoms with Gasteiger partial charge in [-0.25, -0.2) is 0 Å². The van der Waals surface area contributed by atoms with Crippen LogP contribution in [0.3, 0.4) is 0 Å². The lowest BCUT2D eigenvalue weighted by Crippen LogP contribution is -2.28. The minimum absolute atomic E-state index is 0.603. The Morgan fingerprint density at radius 1 is 1.14 bits per heavy atom. The molecular weight excluding hydrogens is 268 g/mol. The van der Waals surface area contributed by atoms with Crippen LogP contribution in [0.5, 0.6) is 11.5 Å². The molecule has 21 heavy (non-hydrogen) atoms. The first-order valence-electron chi connectivity index (χ1n) is 7.36. The van der Waals surface area contributed by atoms with E-state index in [0.717, 1.165) is 48.3 Å². The van der Waals surface area contributed by atoms with Crippen LogP contribution in [-0.2, 0) is 13.1 Å². The van der Waals surface area contributed by atoms with E-state index in [9.17, 15) is 0 Å². The van der Waals surface area contributed by atoms with Gasteiger partial charge in [-0.15, -0.1) is 10.2 Å². The quantitative estimate of drug-likeness (QED) is 0.909. The summed E-state index contributed by atoms with van der Waals surface area (Å²) in [5.41, 5.74) is 1.00. The lowest BCUT2D eigenvalue weighted by Gasteiger charge is -2.17. The molecule has 112 valence electrons. The van der Waals surface area contributed by atoms with Crippen LogP contribution in [0.2, 0.25) is 0 Å². The van der Waals surface area contributed by atoms with E-state index in [1.165, 1.54) is 0 Å². The lowest BCUT2D eigenvalue weighted by atomic mass is 10.2. The topological polar surface area (TPSA) is 61.2 Å². The first-order valence-corrected chi connectivity index (χ1v) is 7.36. The summed E-state index contributed by atoms with van der Waals surface area (Å²) in [4.78, 5) is 0. The van der Waals surface area contributed by atoms with Gasteiger partial charge in [-0.3, -0.25) is 0 Å². The SMILES string of the molecule is CCOc1ccc(-c2nnc3n2CCNC3)cc1OCC. The number of nitrogens with zero attached hydrogens (tertiary/aromatic N) is 3. The summed E-state index contributed by atoms with van der Waals surface area (Å²) >= 11 is 0. The highest BCUT2D eigenvalue weighted by atomic mass is 16.5. The van der Waals surface area contributed by atoms with E-state index in [2.05, 4.69) is 20.1 Å². The van der Waals surface area contributed by atoms with Gasteiger partial charge in [0.25, 0.3) is 0 Å². The number of ether oxygens (including phenoxy) is 2. The van der Waals surface area contributed by atoms with Gasteiger partial charge in [-0.2, -0.15) is 0 Å². The summed E-state index contributed by atoms with van der Waals surface area (Å²) in [6.45, 7) is 7.74. The van der Waals surface area contributed by atoms with E-state index in [0.29, 0.717) is 13.2 Å². The molecule has 1 aromatic carbocycles. The Kier molecular flexibility index (Phi) is 4.06. The number of hydrogen-bond donors (Lipinski definition) is 1. The number of fused-ring (bicyclic) bond motifs is 1. The Hall–Kier alpha value is -2.08. The third kappa shape index (κ3) is 2.71. The maximum atomic E-state index is 5.68. The highest BCUT2D eigenvalue weighted by Gasteiger charge is 2.18. The van der Waals surface area contributed by atoms with Crippen LogP contribution in [0.4, 0.5) is 0 Å². The zero-order chi connectivity index (χ0) is 14.7. The molecule has 2 heterocycles. The normalized spacial score (nSPS) is 13.8. The van der Waals surface area contributed by atoms with Crippen molar-refractivity contribution in [2.75, 3.05) is 19.8 Å². The first-order chi connectivity index (χ1) is 10.3. The van der Waals surface area contributed by atoms with Crippen molar-refractivity contribution in [3.63, 3.8) is 0 Å². The van der Waals surface area contributed by atoms with E-state index in [1.807, 2.05) is 32.0 Å². The van der Waals surface area contributed by atoms with Crippen LogP contribution >= 0.6 is 0 Å². The van der Waals surface area contributed by atoms with Crippen LogP contribution in [-0.4, -0.2) is 34.5 Å². The summed E-state index contributed by atoms with van der Waals surface area (Å²) in [5.74, 6) is 3.38. The van der Waals surface area contributed by atoms with Gasteiger partial charge in [0.2, 0.25) is 0 Å². The molecule has 3 rings (SSSR count). The molecule has 0 unspecified atom stereocenters. The average Bonchev–Trinajstić information content (AvgIpc) is 2.93. The van der Waals surface area contributed by atoms with Crippen molar-refractivity contribution >= 4 is 0 Å². The Morgan fingerprint density at radius 3 is 2.76 bits per heavy atom. The molecule has 0 atom stereocenters. The minimum Gasteiger partial charge on any atom is -0.490 e. The molecule has 1 aliphatic heterocycles. The van der Waals surface area contributed by atoms with Gasteiger partial charge in [0.15, 0.2) is 17.3 Å². The van der Waals surface area contributed by atoms with Crippen LogP contribution in [0.1, 0.15) is 19.7 Å². The van der Waals surface area contributed by atoms with Crippen molar-refractivity contribution in [1.82, 2.24) is 20.1 Å². The van der Waals surface area contributed by atoms with E-state index in [1.54, 1.807) is 0 Å². The van der Waals surface area contributed by atoms with Crippen molar-refractivity contribution in [1.29, 1.82) is 0 Å². The van der Waals surface area contributed by atoms with Crippen molar-refractivity contribution in [3.8, 4) is 22.9 Å². The van der Waals surface area contributed by atoms with Gasteiger partial charge >= 0.3 is 0 Å². The van der Waals surface area contributed by atoms with E-state index in [-0.39, 0.29) is 0 Å².